The lowest BCUT2D eigenvalue weighted by Gasteiger charge is -2.30. The number of β-amino-alcohol motifs (C(OH)–C–C–N with tert-alkyl or cyclic N) is 1. The van der Waals surface area contributed by atoms with Crippen LogP contribution in [0.4, 0.5) is 5.69 Å². The molecule has 0 saturated carbocycles. The smallest absolute Gasteiger partial charge is 0.250 e. The maximum Gasteiger partial charge on any atom is 0.250 e. The Morgan fingerprint density at radius 3 is 2.89 bits per heavy atom. The molecule has 4 N–H and O–H groups in total. The maximum absolute atomic E-state index is 12.1. The summed E-state index contributed by atoms with van der Waals surface area (Å²) in [5.41, 5.74) is 9.73. The van der Waals surface area contributed by atoms with Gasteiger partial charge in [-0.1, -0.05) is 6.07 Å². The molecule has 196 valence electrons. The van der Waals surface area contributed by atoms with Gasteiger partial charge in [-0.3, -0.25) is 14.7 Å². The van der Waals surface area contributed by atoms with Crippen molar-refractivity contribution in [3.8, 4) is 5.75 Å². The molecule has 0 bridgehead atoms. The van der Waals surface area contributed by atoms with Gasteiger partial charge in [0.1, 0.15) is 12.4 Å². The van der Waals surface area contributed by atoms with Gasteiger partial charge >= 0.3 is 0 Å². The number of hydrogen-bond acceptors (Lipinski definition) is 9. The van der Waals surface area contributed by atoms with Crippen molar-refractivity contribution in [2.24, 2.45) is 5.73 Å². The molecule has 1 unspecified atom stereocenters. The van der Waals surface area contributed by atoms with E-state index in [1.807, 2.05) is 6.07 Å². The minimum Gasteiger partial charge on any atom is -0.486 e. The molecule has 0 spiro atoms. The van der Waals surface area contributed by atoms with Gasteiger partial charge in [-0.25, -0.2) is 4.98 Å². The highest BCUT2D eigenvalue weighted by atomic mass is 16.5. The van der Waals surface area contributed by atoms with Crippen LogP contribution in [0.3, 0.4) is 0 Å². The number of amides is 1. The van der Waals surface area contributed by atoms with Crippen LogP contribution in [0.2, 0.25) is 0 Å². The molecule has 1 atom stereocenters. The Balaban J connectivity index is 1.16. The number of ether oxygens (including phenoxy) is 2. The van der Waals surface area contributed by atoms with Crippen molar-refractivity contribution >= 4 is 11.6 Å². The monoisotopic (exact) mass is 507 g/mol. The number of carbonyl (C=O) groups is 1. The predicted molar refractivity (Wildman–Crippen MR) is 136 cm³/mol. The summed E-state index contributed by atoms with van der Waals surface area (Å²) in [6.45, 7) is 3.81. The number of primary amides is 1. The Morgan fingerprint density at radius 1 is 1.24 bits per heavy atom. The molecule has 0 radical (unpaired) electrons. The summed E-state index contributed by atoms with van der Waals surface area (Å²) in [6.07, 6.45) is 6.99. The van der Waals surface area contributed by atoms with Gasteiger partial charge in [-0.2, -0.15) is 0 Å². The first-order valence-corrected chi connectivity index (χ1v) is 12.7. The van der Waals surface area contributed by atoms with E-state index >= 15 is 0 Å². The van der Waals surface area contributed by atoms with Crippen LogP contribution >= 0.6 is 0 Å². The highest BCUT2D eigenvalue weighted by molar-refractivity contribution is 5.94. The molecule has 10 heteroatoms. The van der Waals surface area contributed by atoms with Gasteiger partial charge in [0.2, 0.25) is 0 Å². The number of rotatable bonds is 10. The van der Waals surface area contributed by atoms with Crippen molar-refractivity contribution in [1.82, 2.24) is 14.9 Å². The first-order valence-electron chi connectivity index (χ1n) is 12.7. The molecule has 1 saturated heterocycles. The van der Waals surface area contributed by atoms with E-state index in [4.69, 9.17) is 19.6 Å². The summed E-state index contributed by atoms with van der Waals surface area (Å²) in [7, 11) is 0. The van der Waals surface area contributed by atoms with Crippen LogP contribution in [-0.2, 0) is 30.7 Å². The number of oxazole rings is 1. The molecule has 2 aliphatic rings. The number of nitrogens with two attached hydrogens (primary N) is 1. The zero-order chi connectivity index (χ0) is 25.6. The Bertz CT molecular complexity index is 1200. The third-order valence-corrected chi connectivity index (χ3v) is 6.86. The zero-order valence-corrected chi connectivity index (χ0v) is 20.8. The van der Waals surface area contributed by atoms with Crippen molar-refractivity contribution < 1.29 is 23.8 Å². The molecule has 2 aromatic heterocycles. The number of nitrogens with one attached hydrogen (secondary N) is 1. The highest BCUT2D eigenvalue weighted by Gasteiger charge is 2.22. The first kappa shape index (κ1) is 25.2. The van der Waals surface area contributed by atoms with Gasteiger partial charge in [0.25, 0.3) is 5.91 Å². The topological polar surface area (TPSA) is 136 Å². The van der Waals surface area contributed by atoms with Crippen molar-refractivity contribution in [3.63, 3.8) is 0 Å². The minimum absolute atomic E-state index is 0.258. The predicted octanol–water partition coefficient (Wildman–Crippen LogP) is 2.30. The van der Waals surface area contributed by atoms with Crippen LogP contribution in [-0.4, -0.2) is 64.3 Å². The van der Waals surface area contributed by atoms with Gasteiger partial charge in [0.05, 0.1) is 35.4 Å². The summed E-state index contributed by atoms with van der Waals surface area (Å²) >= 11 is 0. The van der Waals surface area contributed by atoms with Crippen LogP contribution in [0.5, 0.6) is 5.75 Å². The average molecular weight is 508 g/mol. The fourth-order valence-electron chi connectivity index (χ4n) is 4.91. The molecule has 0 aliphatic carbocycles. The van der Waals surface area contributed by atoms with Gasteiger partial charge in [0.15, 0.2) is 12.2 Å². The zero-order valence-electron chi connectivity index (χ0n) is 20.8. The number of hydrogen-bond donors (Lipinski definition) is 3. The second-order valence-electron chi connectivity index (χ2n) is 9.64. The number of nitrogens with zero attached hydrogens (tertiary/aromatic N) is 3. The number of aromatic nitrogens is 2. The number of anilines is 1. The molecule has 37 heavy (non-hydrogen) atoms. The lowest BCUT2D eigenvalue weighted by Crippen LogP contribution is -2.37. The van der Waals surface area contributed by atoms with E-state index in [1.54, 1.807) is 18.5 Å². The highest BCUT2D eigenvalue weighted by Crippen LogP contribution is 2.25. The largest absolute Gasteiger partial charge is 0.486 e. The molecule has 10 nitrogen and oxygen atoms in total. The van der Waals surface area contributed by atoms with Crippen LogP contribution in [0.15, 0.2) is 47.5 Å². The number of carbonyl (C=O) groups excluding carboxylic acids is 1. The van der Waals surface area contributed by atoms with Gasteiger partial charge in [-0.05, 0) is 48.6 Å². The molecule has 1 fully saturated rings. The number of benzene rings is 1. The van der Waals surface area contributed by atoms with Crippen molar-refractivity contribution in [2.75, 3.05) is 31.6 Å². The number of pyridine rings is 1. The number of fused-ring (bicyclic) bond motifs is 1. The fraction of sp³-hybridized carbons (Fsp3) is 0.444. The molecular weight excluding hydrogens is 474 g/mol. The molecule has 4 heterocycles. The van der Waals surface area contributed by atoms with Crippen LogP contribution in [0, 0.1) is 0 Å². The van der Waals surface area contributed by atoms with E-state index in [0.717, 1.165) is 57.0 Å². The molecule has 1 aromatic carbocycles. The number of aliphatic hydroxyl groups excluding tert-OH is 1. The summed E-state index contributed by atoms with van der Waals surface area (Å²) in [5, 5.41) is 14.3. The van der Waals surface area contributed by atoms with Crippen LogP contribution in [0.25, 0.3) is 0 Å². The van der Waals surface area contributed by atoms with Gasteiger partial charge < -0.3 is 30.0 Å². The molecule has 2 aliphatic heterocycles. The van der Waals surface area contributed by atoms with Crippen LogP contribution in [0.1, 0.15) is 45.8 Å². The second kappa shape index (κ2) is 11.7. The van der Waals surface area contributed by atoms with E-state index in [9.17, 15) is 9.90 Å². The minimum atomic E-state index is -0.675. The lowest BCUT2D eigenvalue weighted by atomic mass is 9.98. The second-order valence-corrected chi connectivity index (χ2v) is 9.64. The van der Waals surface area contributed by atoms with E-state index in [1.165, 1.54) is 17.5 Å². The Morgan fingerprint density at radius 2 is 2.11 bits per heavy atom. The van der Waals surface area contributed by atoms with Crippen molar-refractivity contribution in [2.45, 2.75) is 51.0 Å². The number of aliphatic hydroxyl groups is 1. The Kier molecular flexibility index (Phi) is 7.98. The van der Waals surface area contributed by atoms with E-state index in [0.29, 0.717) is 30.2 Å². The Hall–Kier alpha value is -3.47. The van der Waals surface area contributed by atoms with E-state index < -0.39 is 12.0 Å². The lowest BCUT2D eigenvalue weighted by molar-refractivity contribution is 0.0904. The molecule has 1 amide bonds. The first-order chi connectivity index (χ1) is 18.0. The quantitative estimate of drug-likeness (QED) is 0.378. The third-order valence-electron chi connectivity index (χ3n) is 6.86. The summed E-state index contributed by atoms with van der Waals surface area (Å²) in [6, 6.07) is 8.12. The van der Waals surface area contributed by atoms with E-state index in [2.05, 4.69) is 32.3 Å². The van der Waals surface area contributed by atoms with Crippen molar-refractivity contribution in [1.29, 1.82) is 0 Å². The maximum atomic E-state index is 12.1. The van der Waals surface area contributed by atoms with Crippen LogP contribution < -0.4 is 15.8 Å². The van der Waals surface area contributed by atoms with Gasteiger partial charge in [0, 0.05) is 45.3 Å². The summed E-state index contributed by atoms with van der Waals surface area (Å²) < 4.78 is 16.4. The van der Waals surface area contributed by atoms with Gasteiger partial charge in [-0.15, -0.1) is 0 Å². The molecular formula is C27H33N5O5. The van der Waals surface area contributed by atoms with E-state index in [-0.39, 0.29) is 12.5 Å². The average Bonchev–Trinajstić information content (AvgIpc) is 3.42. The third kappa shape index (κ3) is 6.65. The molecule has 3 aromatic rings. The molecule has 5 rings (SSSR count). The fourth-order valence-corrected chi connectivity index (χ4v) is 4.91. The van der Waals surface area contributed by atoms with Crippen molar-refractivity contribution in [3.05, 3.63) is 71.2 Å². The normalized spacial score (nSPS) is 17.2. The SMILES string of the molecule is NC(=O)c1cc(NC2CCOCC2)cnc1CC(O)CN1CCc2cc(OCc3cnco3)ccc2C1. The Labute approximate surface area is 215 Å². The summed E-state index contributed by atoms with van der Waals surface area (Å²) in [4.78, 5) is 22.7. The summed E-state index contributed by atoms with van der Waals surface area (Å²) in [5.74, 6) is 0.930. The standard InChI is InChI=1S/C27H33N5O5/c28-27(34)25-10-21(31-20-4-7-35-8-5-20)12-30-26(25)11-22(33)15-32-6-3-18-9-23(2-1-19(18)14-32)36-16-24-13-29-17-37-24/h1-2,9-10,12-13,17,20,22,31,33H,3-8,11,14-16H2,(H2,28,34).